The van der Waals surface area contributed by atoms with E-state index < -0.39 is 16.1 Å². The van der Waals surface area contributed by atoms with E-state index in [1.165, 1.54) is 17.5 Å². The SMILES string of the molecule is COc1cccc(CN(C(=O)CCCN(c2ccc(OC)c(Cl)c2)S(C)(=O)=O)C(Cc2ccccc2)C(=O)NC2CCCC2)c1. The molecule has 0 spiro atoms. The van der Waals surface area contributed by atoms with Crippen LogP contribution in [0.25, 0.3) is 0 Å². The van der Waals surface area contributed by atoms with E-state index in [0.29, 0.717) is 23.6 Å². The van der Waals surface area contributed by atoms with Gasteiger partial charge in [-0.05, 0) is 60.7 Å². The number of halogens is 1. The third-order valence-corrected chi connectivity index (χ3v) is 9.52. The first kappa shape index (κ1) is 34.1. The average molecular weight is 656 g/mol. The van der Waals surface area contributed by atoms with Gasteiger partial charge in [0, 0.05) is 32.0 Å². The molecule has 0 radical (unpaired) electrons. The molecular formula is C34H42ClN3O6S. The number of carbonyl (C=O) groups excluding carboxylic acids is 2. The monoisotopic (exact) mass is 655 g/mol. The highest BCUT2D eigenvalue weighted by atomic mass is 35.5. The molecule has 45 heavy (non-hydrogen) atoms. The first-order valence-electron chi connectivity index (χ1n) is 15.2. The molecule has 1 fully saturated rings. The van der Waals surface area contributed by atoms with Crippen LogP contribution in [0.1, 0.15) is 49.7 Å². The molecule has 3 aromatic rings. The van der Waals surface area contributed by atoms with Gasteiger partial charge < -0.3 is 19.7 Å². The lowest BCUT2D eigenvalue weighted by Crippen LogP contribution is -2.52. The van der Waals surface area contributed by atoms with E-state index in [-0.39, 0.29) is 48.8 Å². The van der Waals surface area contributed by atoms with Crippen LogP contribution in [0.5, 0.6) is 11.5 Å². The Morgan fingerprint density at radius 3 is 2.31 bits per heavy atom. The summed E-state index contributed by atoms with van der Waals surface area (Å²) in [5, 5.41) is 3.48. The molecule has 4 rings (SSSR count). The number of methoxy groups -OCH3 is 2. The minimum atomic E-state index is -3.68. The first-order valence-corrected chi connectivity index (χ1v) is 17.4. The second-order valence-electron chi connectivity index (χ2n) is 11.3. The molecule has 9 nitrogen and oxygen atoms in total. The van der Waals surface area contributed by atoms with Gasteiger partial charge in [0.1, 0.15) is 17.5 Å². The molecule has 0 heterocycles. The zero-order valence-electron chi connectivity index (χ0n) is 26.1. The fourth-order valence-electron chi connectivity index (χ4n) is 5.70. The van der Waals surface area contributed by atoms with E-state index in [0.717, 1.165) is 43.1 Å². The zero-order chi connectivity index (χ0) is 32.4. The molecule has 0 saturated heterocycles. The van der Waals surface area contributed by atoms with E-state index in [2.05, 4.69) is 5.32 Å². The van der Waals surface area contributed by atoms with Gasteiger partial charge in [-0.3, -0.25) is 13.9 Å². The molecule has 1 unspecified atom stereocenters. The highest BCUT2D eigenvalue weighted by Crippen LogP contribution is 2.30. The van der Waals surface area contributed by atoms with Crippen LogP contribution in [0.4, 0.5) is 5.69 Å². The lowest BCUT2D eigenvalue weighted by Gasteiger charge is -2.33. The zero-order valence-corrected chi connectivity index (χ0v) is 27.6. The van der Waals surface area contributed by atoms with Gasteiger partial charge in [0.25, 0.3) is 0 Å². The summed E-state index contributed by atoms with van der Waals surface area (Å²) >= 11 is 6.29. The van der Waals surface area contributed by atoms with Gasteiger partial charge in [-0.15, -0.1) is 0 Å². The number of amides is 2. The number of carbonyl (C=O) groups is 2. The van der Waals surface area contributed by atoms with Crippen molar-refractivity contribution in [3.05, 3.63) is 88.9 Å². The van der Waals surface area contributed by atoms with Gasteiger partial charge in [-0.25, -0.2) is 8.42 Å². The van der Waals surface area contributed by atoms with Crippen LogP contribution in [0.3, 0.4) is 0 Å². The van der Waals surface area contributed by atoms with Crippen molar-refractivity contribution in [1.82, 2.24) is 10.2 Å². The van der Waals surface area contributed by atoms with Crippen molar-refractivity contribution in [2.75, 3.05) is 31.3 Å². The van der Waals surface area contributed by atoms with E-state index in [1.807, 2.05) is 54.6 Å². The van der Waals surface area contributed by atoms with Crippen LogP contribution in [0, 0.1) is 0 Å². The maximum absolute atomic E-state index is 14.1. The molecule has 1 aliphatic carbocycles. The quantitative estimate of drug-likeness (QED) is 0.229. The molecule has 11 heteroatoms. The summed E-state index contributed by atoms with van der Waals surface area (Å²) in [6.45, 7) is 0.243. The van der Waals surface area contributed by atoms with Crippen molar-refractivity contribution < 1.29 is 27.5 Å². The molecule has 0 aromatic heterocycles. The largest absolute Gasteiger partial charge is 0.497 e. The topological polar surface area (TPSA) is 105 Å². The van der Waals surface area contributed by atoms with Gasteiger partial charge in [0.05, 0.1) is 31.2 Å². The number of ether oxygens (including phenoxy) is 2. The predicted octanol–water partition coefficient (Wildman–Crippen LogP) is 5.60. The molecule has 0 bridgehead atoms. The summed E-state index contributed by atoms with van der Waals surface area (Å²) in [5.41, 5.74) is 2.13. The van der Waals surface area contributed by atoms with E-state index in [4.69, 9.17) is 21.1 Å². The van der Waals surface area contributed by atoms with Crippen LogP contribution in [0.15, 0.2) is 72.8 Å². The molecule has 1 atom stereocenters. The Bertz CT molecular complexity index is 1550. The summed E-state index contributed by atoms with van der Waals surface area (Å²) in [7, 11) is -0.616. The molecular weight excluding hydrogens is 614 g/mol. The minimum absolute atomic E-state index is 0.0296. The van der Waals surface area contributed by atoms with Crippen molar-refractivity contribution in [1.29, 1.82) is 0 Å². The number of rotatable bonds is 15. The molecule has 242 valence electrons. The summed E-state index contributed by atoms with van der Waals surface area (Å²) in [6, 6.07) is 21.2. The number of hydrogen-bond acceptors (Lipinski definition) is 6. The Balaban J connectivity index is 1.60. The van der Waals surface area contributed by atoms with Gasteiger partial charge in [-0.2, -0.15) is 0 Å². The number of nitrogens with zero attached hydrogens (tertiary/aromatic N) is 2. The maximum Gasteiger partial charge on any atom is 0.243 e. The number of hydrogen-bond donors (Lipinski definition) is 1. The van der Waals surface area contributed by atoms with Gasteiger partial charge in [0.2, 0.25) is 21.8 Å². The summed E-state index contributed by atoms with van der Waals surface area (Å²) < 4.78 is 37.4. The van der Waals surface area contributed by atoms with Gasteiger partial charge in [0.15, 0.2) is 0 Å². The average Bonchev–Trinajstić information content (AvgIpc) is 3.54. The Hall–Kier alpha value is -3.76. The van der Waals surface area contributed by atoms with E-state index in [1.54, 1.807) is 24.1 Å². The second-order valence-corrected chi connectivity index (χ2v) is 13.6. The van der Waals surface area contributed by atoms with E-state index >= 15 is 0 Å². The molecule has 1 aliphatic rings. The van der Waals surface area contributed by atoms with E-state index in [9.17, 15) is 18.0 Å². The highest BCUT2D eigenvalue weighted by Gasteiger charge is 2.32. The van der Waals surface area contributed by atoms with Gasteiger partial charge in [-0.1, -0.05) is 66.9 Å². The third kappa shape index (κ3) is 9.61. The fourth-order valence-corrected chi connectivity index (χ4v) is 6.91. The number of anilines is 1. The van der Waals surface area contributed by atoms with Crippen LogP contribution < -0.4 is 19.1 Å². The minimum Gasteiger partial charge on any atom is -0.497 e. The molecule has 3 aromatic carbocycles. The Labute approximate surface area is 271 Å². The molecule has 1 saturated carbocycles. The molecule has 0 aliphatic heterocycles. The van der Waals surface area contributed by atoms with Crippen LogP contribution in [0.2, 0.25) is 5.02 Å². The normalized spacial score (nSPS) is 14.0. The lowest BCUT2D eigenvalue weighted by atomic mass is 10.0. The Morgan fingerprint density at radius 2 is 1.67 bits per heavy atom. The lowest BCUT2D eigenvalue weighted by molar-refractivity contribution is -0.141. The first-order chi connectivity index (χ1) is 21.6. The summed E-state index contributed by atoms with van der Waals surface area (Å²) in [4.78, 5) is 29.6. The third-order valence-electron chi connectivity index (χ3n) is 8.04. The van der Waals surface area contributed by atoms with Gasteiger partial charge >= 0.3 is 0 Å². The Kier molecular flexibility index (Phi) is 12.1. The smallest absolute Gasteiger partial charge is 0.243 e. The number of sulfonamides is 1. The molecule has 1 N–H and O–H groups in total. The maximum atomic E-state index is 14.1. The van der Waals surface area contributed by atoms with Crippen LogP contribution in [-0.4, -0.2) is 64.2 Å². The van der Waals surface area contributed by atoms with Crippen LogP contribution >= 0.6 is 11.6 Å². The second kappa shape index (κ2) is 16.0. The van der Waals surface area contributed by atoms with Crippen molar-refractivity contribution in [3.63, 3.8) is 0 Å². The van der Waals surface area contributed by atoms with Crippen molar-refractivity contribution in [3.8, 4) is 11.5 Å². The van der Waals surface area contributed by atoms with Crippen molar-refractivity contribution >= 4 is 39.1 Å². The van der Waals surface area contributed by atoms with Crippen LogP contribution in [-0.2, 0) is 32.6 Å². The summed E-state index contributed by atoms with van der Waals surface area (Å²) in [6.07, 6.45) is 5.69. The fraction of sp³-hybridized carbons (Fsp3) is 0.412. The number of nitrogens with one attached hydrogen (secondary N) is 1. The standard InChI is InChI=1S/C34H42ClN3O6S/c1-43-29-16-9-13-26(21-29)24-37(31(22-25-11-5-4-6-12-25)34(40)36-27-14-7-8-15-27)33(39)17-10-20-38(45(3,41)42)28-18-19-32(44-2)30(35)23-28/h4-6,9,11-13,16,18-19,21,23,27,31H,7-8,10,14-15,17,20,22,24H2,1-3H3,(H,36,40). The van der Waals surface area contributed by atoms with Crippen molar-refractivity contribution in [2.24, 2.45) is 0 Å². The highest BCUT2D eigenvalue weighted by molar-refractivity contribution is 7.92. The number of benzene rings is 3. The predicted molar refractivity (Wildman–Crippen MR) is 177 cm³/mol. The molecule has 2 amide bonds. The Morgan fingerprint density at radius 1 is 0.956 bits per heavy atom. The van der Waals surface area contributed by atoms with Crippen molar-refractivity contribution in [2.45, 2.75) is 63.6 Å². The summed E-state index contributed by atoms with van der Waals surface area (Å²) in [5.74, 6) is 0.642.